The van der Waals surface area contributed by atoms with E-state index in [4.69, 9.17) is 5.11 Å². The average Bonchev–Trinajstić information content (AvgIpc) is 2.42. The molecule has 1 atom stereocenters. The first kappa shape index (κ1) is 16.4. The van der Waals surface area contributed by atoms with Crippen LogP contribution in [-0.4, -0.2) is 27.9 Å². The number of benzene rings is 1. The number of carboxylic acids is 1. The minimum Gasteiger partial charge on any atom is -0.480 e. The molecule has 7 heteroatoms. The number of carboxylic acid groups (broad SMARTS) is 1. The maximum absolute atomic E-state index is 12.1. The molecule has 1 amide bonds. The van der Waals surface area contributed by atoms with Crippen LogP contribution in [0.5, 0.6) is 0 Å². The summed E-state index contributed by atoms with van der Waals surface area (Å²) in [6.45, 7) is 5.06. The molecule has 0 fully saturated rings. The number of nitro groups is 1. The van der Waals surface area contributed by atoms with Crippen LogP contribution in [0.3, 0.4) is 0 Å². The topological polar surface area (TPSA) is 110 Å². The van der Waals surface area contributed by atoms with E-state index in [1.165, 1.54) is 18.2 Å². The van der Waals surface area contributed by atoms with Crippen LogP contribution >= 0.6 is 0 Å². The molecule has 0 saturated carbocycles. The second kappa shape index (κ2) is 7.18. The van der Waals surface area contributed by atoms with Gasteiger partial charge in [-0.2, -0.15) is 0 Å². The van der Waals surface area contributed by atoms with Crippen molar-refractivity contribution in [3.05, 3.63) is 52.1 Å². The molecule has 21 heavy (non-hydrogen) atoms. The van der Waals surface area contributed by atoms with Gasteiger partial charge >= 0.3 is 5.97 Å². The SMILES string of the molecule is C=CCCC(NC(=O)c1ccc([N+](=O)[O-])cc1C)C(=O)O. The summed E-state index contributed by atoms with van der Waals surface area (Å²) in [4.78, 5) is 33.2. The van der Waals surface area contributed by atoms with E-state index in [0.29, 0.717) is 12.0 Å². The van der Waals surface area contributed by atoms with Crippen molar-refractivity contribution >= 4 is 17.6 Å². The molecule has 0 radical (unpaired) electrons. The van der Waals surface area contributed by atoms with Crippen LogP contribution in [-0.2, 0) is 4.79 Å². The Morgan fingerprint density at radius 2 is 2.19 bits per heavy atom. The van der Waals surface area contributed by atoms with Gasteiger partial charge in [0.1, 0.15) is 6.04 Å². The van der Waals surface area contributed by atoms with Crippen LogP contribution in [0.4, 0.5) is 5.69 Å². The number of non-ortho nitro benzene ring substituents is 1. The Kier molecular flexibility index (Phi) is 5.59. The number of amides is 1. The summed E-state index contributed by atoms with van der Waals surface area (Å²) in [6.07, 6.45) is 2.26. The molecule has 7 nitrogen and oxygen atoms in total. The molecule has 0 heterocycles. The van der Waals surface area contributed by atoms with E-state index in [0.717, 1.165) is 0 Å². The van der Waals surface area contributed by atoms with E-state index in [9.17, 15) is 19.7 Å². The summed E-state index contributed by atoms with van der Waals surface area (Å²) in [6, 6.07) is 2.77. The first-order valence-corrected chi connectivity index (χ1v) is 6.26. The lowest BCUT2D eigenvalue weighted by molar-refractivity contribution is -0.384. The summed E-state index contributed by atoms with van der Waals surface area (Å²) in [5.41, 5.74) is 0.505. The molecular weight excluding hydrogens is 276 g/mol. The molecule has 0 bridgehead atoms. The third-order valence-electron chi connectivity index (χ3n) is 2.93. The summed E-state index contributed by atoms with van der Waals surface area (Å²) >= 11 is 0. The maximum atomic E-state index is 12.1. The van der Waals surface area contributed by atoms with Crippen molar-refractivity contribution in [2.75, 3.05) is 0 Å². The van der Waals surface area contributed by atoms with E-state index in [1.54, 1.807) is 13.0 Å². The molecule has 0 aliphatic rings. The van der Waals surface area contributed by atoms with Crippen molar-refractivity contribution in [2.24, 2.45) is 0 Å². The van der Waals surface area contributed by atoms with E-state index < -0.39 is 22.8 Å². The highest BCUT2D eigenvalue weighted by Gasteiger charge is 2.21. The maximum Gasteiger partial charge on any atom is 0.326 e. The fourth-order valence-corrected chi connectivity index (χ4v) is 1.79. The second-order valence-electron chi connectivity index (χ2n) is 4.49. The zero-order valence-electron chi connectivity index (χ0n) is 11.5. The van der Waals surface area contributed by atoms with Gasteiger partial charge in [0.2, 0.25) is 0 Å². The van der Waals surface area contributed by atoms with Gasteiger partial charge in [-0.05, 0) is 31.4 Å². The highest BCUT2D eigenvalue weighted by atomic mass is 16.6. The Labute approximate surface area is 121 Å². The lowest BCUT2D eigenvalue weighted by Gasteiger charge is -2.14. The lowest BCUT2D eigenvalue weighted by atomic mass is 10.1. The molecule has 0 saturated heterocycles. The fourth-order valence-electron chi connectivity index (χ4n) is 1.79. The standard InChI is InChI=1S/C14H16N2O5/c1-3-4-5-12(14(18)19)15-13(17)11-7-6-10(16(20)21)8-9(11)2/h3,6-8,12H,1,4-5H2,2H3,(H,15,17)(H,18,19). The zero-order valence-corrected chi connectivity index (χ0v) is 11.5. The molecule has 1 aromatic carbocycles. The van der Waals surface area contributed by atoms with Gasteiger partial charge in [-0.1, -0.05) is 6.08 Å². The van der Waals surface area contributed by atoms with Crippen molar-refractivity contribution in [3.8, 4) is 0 Å². The molecule has 0 aromatic heterocycles. The number of nitrogens with zero attached hydrogens (tertiary/aromatic N) is 1. The first-order valence-electron chi connectivity index (χ1n) is 6.26. The third-order valence-corrected chi connectivity index (χ3v) is 2.93. The number of carbonyl (C=O) groups excluding carboxylic acids is 1. The number of rotatable bonds is 7. The van der Waals surface area contributed by atoms with Gasteiger partial charge in [0.05, 0.1) is 4.92 Å². The van der Waals surface area contributed by atoms with Gasteiger partial charge in [-0.3, -0.25) is 14.9 Å². The van der Waals surface area contributed by atoms with Crippen LogP contribution < -0.4 is 5.32 Å². The minimum atomic E-state index is -1.13. The minimum absolute atomic E-state index is 0.120. The van der Waals surface area contributed by atoms with E-state index >= 15 is 0 Å². The molecule has 2 N–H and O–H groups in total. The predicted molar refractivity (Wildman–Crippen MR) is 76.2 cm³/mol. The molecule has 1 aromatic rings. The largest absolute Gasteiger partial charge is 0.480 e. The number of aryl methyl sites for hydroxylation is 1. The third kappa shape index (κ3) is 4.41. The molecule has 0 aliphatic heterocycles. The van der Waals surface area contributed by atoms with Crippen LogP contribution in [0.15, 0.2) is 30.9 Å². The molecule has 0 aliphatic carbocycles. The van der Waals surface area contributed by atoms with E-state index in [1.807, 2.05) is 0 Å². The zero-order chi connectivity index (χ0) is 16.0. The molecule has 112 valence electrons. The Hall–Kier alpha value is -2.70. The summed E-state index contributed by atoms with van der Waals surface area (Å²) in [5.74, 6) is -1.70. The Bertz CT molecular complexity index is 583. The Morgan fingerprint density at radius 1 is 1.52 bits per heavy atom. The second-order valence-corrected chi connectivity index (χ2v) is 4.49. The van der Waals surface area contributed by atoms with Crippen molar-refractivity contribution in [2.45, 2.75) is 25.8 Å². The monoisotopic (exact) mass is 292 g/mol. The number of allylic oxidation sites excluding steroid dienone is 1. The number of nitro benzene ring substituents is 1. The highest BCUT2D eigenvalue weighted by molar-refractivity contribution is 5.98. The van der Waals surface area contributed by atoms with E-state index in [-0.39, 0.29) is 17.7 Å². The van der Waals surface area contributed by atoms with Crippen LogP contribution in [0.1, 0.15) is 28.8 Å². The number of hydrogen-bond acceptors (Lipinski definition) is 4. The average molecular weight is 292 g/mol. The number of nitrogens with one attached hydrogen (secondary N) is 1. The van der Waals surface area contributed by atoms with Crippen LogP contribution in [0, 0.1) is 17.0 Å². The van der Waals surface area contributed by atoms with Crippen molar-refractivity contribution in [1.29, 1.82) is 0 Å². The quantitative estimate of drug-likeness (QED) is 0.454. The van der Waals surface area contributed by atoms with Crippen molar-refractivity contribution < 1.29 is 19.6 Å². The lowest BCUT2D eigenvalue weighted by Crippen LogP contribution is -2.40. The van der Waals surface area contributed by atoms with Gasteiger partial charge in [-0.25, -0.2) is 4.79 Å². The van der Waals surface area contributed by atoms with Crippen LogP contribution in [0.2, 0.25) is 0 Å². The predicted octanol–water partition coefficient (Wildman–Crippen LogP) is 2.05. The summed E-state index contributed by atoms with van der Waals surface area (Å²) < 4.78 is 0. The first-order chi connectivity index (χ1) is 9.86. The van der Waals surface area contributed by atoms with Crippen molar-refractivity contribution in [3.63, 3.8) is 0 Å². The van der Waals surface area contributed by atoms with Gasteiger partial charge < -0.3 is 10.4 Å². The highest BCUT2D eigenvalue weighted by Crippen LogP contribution is 2.17. The van der Waals surface area contributed by atoms with Crippen LogP contribution in [0.25, 0.3) is 0 Å². The van der Waals surface area contributed by atoms with E-state index in [2.05, 4.69) is 11.9 Å². The number of carbonyl (C=O) groups is 2. The fraction of sp³-hybridized carbons (Fsp3) is 0.286. The summed E-state index contributed by atoms with van der Waals surface area (Å²) in [5, 5.41) is 22.1. The Morgan fingerprint density at radius 3 is 2.67 bits per heavy atom. The Balaban J connectivity index is 2.89. The summed E-state index contributed by atoms with van der Waals surface area (Å²) in [7, 11) is 0. The molecular formula is C14H16N2O5. The van der Waals surface area contributed by atoms with Crippen molar-refractivity contribution in [1.82, 2.24) is 5.32 Å². The van der Waals surface area contributed by atoms with Gasteiger partial charge in [0, 0.05) is 17.7 Å². The normalized spacial score (nSPS) is 11.5. The smallest absolute Gasteiger partial charge is 0.326 e. The van der Waals surface area contributed by atoms with Gasteiger partial charge in [0.15, 0.2) is 0 Å². The molecule has 1 rings (SSSR count). The molecule has 0 spiro atoms. The van der Waals surface area contributed by atoms with Gasteiger partial charge in [0.25, 0.3) is 11.6 Å². The number of aliphatic carboxylic acids is 1. The van der Waals surface area contributed by atoms with Gasteiger partial charge in [-0.15, -0.1) is 6.58 Å². The number of hydrogen-bond donors (Lipinski definition) is 2. The molecule has 1 unspecified atom stereocenters.